The number of hydrogen-bond donors (Lipinski definition) is 2. The van der Waals surface area contributed by atoms with Crippen molar-refractivity contribution in [1.82, 2.24) is 15.2 Å². The number of aromatic amines is 1. The first-order valence-corrected chi connectivity index (χ1v) is 9.61. The Hall–Kier alpha value is -3.54. The van der Waals surface area contributed by atoms with Gasteiger partial charge in [0.05, 0.1) is 13.7 Å². The number of ether oxygens (including phenoxy) is 1. The molecule has 1 aliphatic rings. The number of carbonyl (C=O) groups is 2. The molecule has 6 nitrogen and oxygen atoms in total. The zero-order valence-electron chi connectivity index (χ0n) is 16.3. The van der Waals surface area contributed by atoms with Gasteiger partial charge in [-0.05, 0) is 42.3 Å². The van der Waals surface area contributed by atoms with Crippen LogP contribution in [0, 0.1) is 0 Å². The van der Waals surface area contributed by atoms with Crippen LogP contribution in [0.3, 0.4) is 0 Å². The number of carbonyl (C=O) groups excluding carboxylic acids is 2. The number of H-pyrrole nitrogens is 1. The molecule has 0 saturated heterocycles. The molecule has 0 fully saturated rings. The van der Waals surface area contributed by atoms with Crippen LogP contribution >= 0.6 is 0 Å². The SMILES string of the molecule is COc1ccc(C(=O)NCC(=O)N2CC=C(c3c[nH]c4ccccc34)CC2)cc1. The summed E-state index contributed by atoms with van der Waals surface area (Å²) in [5.74, 6) is 0.331. The van der Waals surface area contributed by atoms with E-state index in [1.54, 1.807) is 36.3 Å². The third-order valence-corrected chi connectivity index (χ3v) is 5.25. The highest BCUT2D eigenvalue weighted by Gasteiger charge is 2.20. The summed E-state index contributed by atoms with van der Waals surface area (Å²) in [5, 5.41) is 3.90. The van der Waals surface area contributed by atoms with Crippen molar-refractivity contribution in [3.05, 3.63) is 71.9 Å². The van der Waals surface area contributed by atoms with Gasteiger partial charge >= 0.3 is 0 Å². The lowest BCUT2D eigenvalue weighted by Gasteiger charge is -2.26. The van der Waals surface area contributed by atoms with Gasteiger partial charge in [-0.2, -0.15) is 0 Å². The maximum absolute atomic E-state index is 12.5. The van der Waals surface area contributed by atoms with E-state index in [0.29, 0.717) is 24.4 Å². The molecule has 6 heteroatoms. The Balaban J connectivity index is 1.34. The molecule has 2 heterocycles. The maximum atomic E-state index is 12.5. The van der Waals surface area contributed by atoms with Crippen LogP contribution in [0.25, 0.3) is 16.5 Å². The number of nitrogens with one attached hydrogen (secondary N) is 2. The van der Waals surface area contributed by atoms with Gasteiger partial charge in [-0.25, -0.2) is 0 Å². The zero-order valence-corrected chi connectivity index (χ0v) is 16.3. The molecule has 2 aromatic carbocycles. The number of nitrogens with zero attached hydrogens (tertiary/aromatic N) is 1. The van der Waals surface area contributed by atoms with E-state index in [4.69, 9.17) is 4.74 Å². The standard InChI is InChI=1S/C23H23N3O3/c1-29-18-8-6-17(7-9-18)23(28)25-15-22(27)26-12-10-16(11-13-26)20-14-24-21-5-3-2-4-19(20)21/h2-10,14,24H,11-13,15H2,1H3,(H,25,28). The molecule has 0 radical (unpaired) electrons. The second kappa shape index (κ2) is 8.22. The number of methoxy groups -OCH3 is 1. The quantitative estimate of drug-likeness (QED) is 0.704. The van der Waals surface area contributed by atoms with Crippen molar-refractivity contribution in [1.29, 1.82) is 0 Å². The Labute approximate surface area is 169 Å². The summed E-state index contributed by atoms with van der Waals surface area (Å²) < 4.78 is 5.09. The van der Waals surface area contributed by atoms with Crippen molar-refractivity contribution in [2.75, 3.05) is 26.7 Å². The highest BCUT2D eigenvalue weighted by Crippen LogP contribution is 2.29. The summed E-state index contributed by atoms with van der Waals surface area (Å²) in [6.07, 6.45) is 4.92. The highest BCUT2D eigenvalue weighted by atomic mass is 16.5. The van der Waals surface area contributed by atoms with E-state index in [1.165, 1.54) is 16.5 Å². The Morgan fingerprint density at radius 2 is 1.93 bits per heavy atom. The first-order chi connectivity index (χ1) is 14.2. The largest absolute Gasteiger partial charge is 0.497 e. The van der Waals surface area contributed by atoms with E-state index in [2.05, 4.69) is 28.5 Å². The average molecular weight is 389 g/mol. The molecule has 0 atom stereocenters. The van der Waals surface area contributed by atoms with Gasteiger partial charge in [0, 0.05) is 41.3 Å². The zero-order chi connectivity index (χ0) is 20.2. The fourth-order valence-corrected chi connectivity index (χ4v) is 3.59. The second-order valence-electron chi connectivity index (χ2n) is 6.98. The molecule has 0 saturated carbocycles. The van der Waals surface area contributed by atoms with Gasteiger partial charge in [0.1, 0.15) is 5.75 Å². The van der Waals surface area contributed by atoms with Crippen molar-refractivity contribution in [3.63, 3.8) is 0 Å². The maximum Gasteiger partial charge on any atom is 0.251 e. The normalized spacial score (nSPS) is 13.8. The number of amides is 2. The first kappa shape index (κ1) is 18.8. The van der Waals surface area contributed by atoms with Crippen LogP contribution in [0.15, 0.2) is 60.8 Å². The third kappa shape index (κ3) is 4.01. The fourth-order valence-electron chi connectivity index (χ4n) is 3.59. The monoisotopic (exact) mass is 389 g/mol. The van der Waals surface area contributed by atoms with Crippen molar-refractivity contribution in [3.8, 4) is 5.75 Å². The van der Waals surface area contributed by atoms with Crippen LogP contribution in [-0.4, -0.2) is 48.4 Å². The Morgan fingerprint density at radius 1 is 1.14 bits per heavy atom. The van der Waals surface area contributed by atoms with Gasteiger partial charge in [0.25, 0.3) is 5.91 Å². The molecule has 0 spiro atoms. The molecule has 3 aromatic rings. The molecule has 29 heavy (non-hydrogen) atoms. The molecule has 4 rings (SSSR count). The summed E-state index contributed by atoms with van der Waals surface area (Å²) in [5.41, 5.74) is 4.05. The van der Waals surface area contributed by atoms with Gasteiger partial charge in [-0.15, -0.1) is 0 Å². The highest BCUT2D eigenvalue weighted by molar-refractivity contribution is 5.97. The molecular weight excluding hydrogens is 366 g/mol. The molecule has 0 bridgehead atoms. The van der Waals surface area contributed by atoms with E-state index < -0.39 is 0 Å². The molecule has 2 amide bonds. The molecule has 0 unspecified atom stereocenters. The lowest BCUT2D eigenvalue weighted by Crippen LogP contribution is -2.42. The number of fused-ring (bicyclic) bond motifs is 1. The van der Waals surface area contributed by atoms with Crippen LogP contribution in [0.5, 0.6) is 5.75 Å². The van der Waals surface area contributed by atoms with Crippen LogP contribution in [-0.2, 0) is 4.79 Å². The van der Waals surface area contributed by atoms with E-state index >= 15 is 0 Å². The predicted octanol–water partition coefficient (Wildman–Crippen LogP) is 3.22. The van der Waals surface area contributed by atoms with Crippen molar-refractivity contribution in [2.45, 2.75) is 6.42 Å². The number of aromatic nitrogens is 1. The van der Waals surface area contributed by atoms with E-state index in [0.717, 1.165) is 11.9 Å². The Morgan fingerprint density at radius 3 is 2.66 bits per heavy atom. The van der Waals surface area contributed by atoms with Crippen LogP contribution in [0.2, 0.25) is 0 Å². The molecule has 0 aliphatic carbocycles. The second-order valence-corrected chi connectivity index (χ2v) is 6.98. The first-order valence-electron chi connectivity index (χ1n) is 9.61. The van der Waals surface area contributed by atoms with Gasteiger partial charge in [-0.1, -0.05) is 24.3 Å². The summed E-state index contributed by atoms with van der Waals surface area (Å²) in [4.78, 5) is 29.8. The summed E-state index contributed by atoms with van der Waals surface area (Å²) in [6.45, 7) is 1.18. The average Bonchev–Trinajstić information content (AvgIpc) is 3.21. The van der Waals surface area contributed by atoms with E-state index in [1.807, 2.05) is 18.3 Å². The summed E-state index contributed by atoms with van der Waals surface area (Å²) in [6, 6.07) is 15.0. The minimum absolute atomic E-state index is 0.0128. The van der Waals surface area contributed by atoms with Crippen molar-refractivity contribution >= 4 is 28.3 Å². The molecule has 2 N–H and O–H groups in total. The molecule has 148 valence electrons. The van der Waals surface area contributed by atoms with E-state index in [-0.39, 0.29) is 18.4 Å². The van der Waals surface area contributed by atoms with Crippen molar-refractivity contribution < 1.29 is 14.3 Å². The molecule has 1 aromatic heterocycles. The predicted molar refractivity (Wildman–Crippen MR) is 113 cm³/mol. The number of rotatable bonds is 5. The van der Waals surface area contributed by atoms with Gasteiger partial charge in [0.15, 0.2) is 0 Å². The minimum Gasteiger partial charge on any atom is -0.497 e. The molecular formula is C23H23N3O3. The Kier molecular flexibility index (Phi) is 5.33. The smallest absolute Gasteiger partial charge is 0.251 e. The van der Waals surface area contributed by atoms with Gasteiger partial charge in [0.2, 0.25) is 5.91 Å². The van der Waals surface area contributed by atoms with Crippen LogP contribution in [0.1, 0.15) is 22.3 Å². The fraction of sp³-hybridized carbons (Fsp3) is 0.217. The van der Waals surface area contributed by atoms with Crippen molar-refractivity contribution in [2.24, 2.45) is 0 Å². The lowest BCUT2D eigenvalue weighted by atomic mass is 9.99. The van der Waals surface area contributed by atoms with Crippen LogP contribution < -0.4 is 10.1 Å². The van der Waals surface area contributed by atoms with Gasteiger partial charge in [-0.3, -0.25) is 9.59 Å². The summed E-state index contributed by atoms with van der Waals surface area (Å²) >= 11 is 0. The van der Waals surface area contributed by atoms with Crippen LogP contribution in [0.4, 0.5) is 0 Å². The third-order valence-electron chi connectivity index (χ3n) is 5.25. The van der Waals surface area contributed by atoms with E-state index in [9.17, 15) is 9.59 Å². The number of para-hydroxylation sites is 1. The van der Waals surface area contributed by atoms with Gasteiger partial charge < -0.3 is 19.9 Å². The Bertz CT molecular complexity index is 1070. The minimum atomic E-state index is -0.270. The number of hydrogen-bond acceptors (Lipinski definition) is 3. The topological polar surface area (TPSA) is 74.4 Å². The lowest BCUT2D eigenvalue weighted by molar-refractivity contribution is -0.129. The molecule has 1 aliphatic heterocycles. The number of benzene rings is 2. The summed E-state index contributed by atoms with van der Waals surface area (Å²) in [7, 11) is 1.57.